The van der Waals surface area contributed by atoms with Gasteiger partial charge in [0.15, 0.2) is 17.4 Å². The zero-order chi connectivity index (χ0) is 16.7. The van der Waals surface area contributed by atoms with E-state index in [-0.39, 0.29) is 5.54 Å². The van der Waals surface area contributed by atoms with Crippen LogP contribution >= 0.6 is 0 Å². The summed E-state index contributed by atoms with van der Waals surface area (Å²) in [4.78, 5) is 4.58. The highest BCUT2D eigenvalue weighted by Gasteiger charge is 2.08. The van der Waals surface area contributed by atoms with E-state index in [1.54, 1.807) is 0 Å². The lowest BCUT2D eigenvalue weighted by Gasteiger charge is -2.21. The molecule has 0 atom stereocenters. The number of guanidine groups is 1. The third-order valence-electron chi connectivity index (χ3n) is 3.18. The van der Waals surface area contributed by atoms with E-state index in [0.717, 1.165) is 37.1 Å². The van der Waals surface area contributed by atoms with Gasteiger partial charge in [0.05, 0.1) is 0 Å². The molecule has 7 nitrogen and oxygen atoms in total. The first-order valence-corrected chi connectivity index (χ1v) is 8.05. The van der Waals surface area contributed by atoms with Crippen LogP contribution in [0.25, 0.3) is 5.65 Å². The first-order chi connectivity index (χ1) is 11.0. The van der Waals surface area contributed by atoms with Crippen LogP contribution in [0.5, 0.6) is 0 Å². The number of nitrogens with zero attached hydrogens (tertiary/aromatic N) is 4. The summed E-state index contributed by atoms with van der Waals surface area (Å²) >= 11 is 0. The summed E-state index contributed by atoms with van der Waals surface area (Å²) in [7, 11) is 0. The Morgan fingerprint density at radius 1 is 1.17 bits per heavy atom. The molecule has 23 heavy (non-hydrogen) atoms. The molecule has 126 valence electrons. The maximum absolute atomic E-state index is 4.58. The van der Waals surface area contributed by atoms with E-state index in [1.165, 1.54) is 0 Å². The van der Waals surface area contributed by atoms with Gasteiger partial charge in [0, 0.05) is 31.4 Å². The van der Waals surface area contributed by atoms with E-state index in [9.17, 15) is 0 Å². The minimum absolute atomic E-state index is 0.123. The molecule has 0 amide bonds. The smallest absolute Gasteiger partial charge is 0.191 e. The summed E-state index contributed by atoms with van der Waals surface area (Å²) in [6.07, 6.45) is 1.95. The molecule has 2 rings (SSSR count). The molecule has 3 N–H and O–H groups in total. The molecule has 0 saturated heterocycles. The van der Waals surface area contributed by atoms with Crippen LogP contribution in [0.3, 0.4) is 0 Å². The summed E-state index contributed by atoms with van der Waals surface area (Å²) < 4.78 is 1.95. The van der Waals surface area contributed by atoms with Crippen molar-refractivity contribution in [3.8, 4) is 0 Å². The number of pyridine rings is 1. The first kappa shape index (κ1) is 17.2. The summed E-state index contributed by atoms with van der Waals surface area (Å²) in [6, 6.07) is 5.85. The maximum atomic E-state index is 4.58. The Kier molecular flexibility index (Phi) is 5.92. The van der Waals surface area contributed by atoms with E-state index < -0.39 is 0 Å². The third-order valence-corrected chi connectivity index (χ3v) is 3.18. The zero-order valence-corrected chi connectivity index (χ0v) is 14.4. The van der Waals surface area contributed by atoms with Gasteiger partial charge in [0.2, 0.25) is 0 Å². The quantitative estimate of drug-likeness (QED) is 0.423. The molecule has 0 aliphatic carbocycles. The number of nitrogens with one attached hydrogen (secondary N) is 3. The van der Waals surface area contributed by atoms with E-state index in [2.05, 4.69) is 58.8 Å². The highest BCUT2D eigenvalue weighted by Crippen LogP contribution is 2.03. The van der Waals surface area contributed by atoms with E-state index in [1.807, 2.05) is 28.8 Å². The van der Waals surface area contributed by atoms with Crippen LogP contribution in [0, 0.1) is 0 Å². The molecule has 0 aromatic carbocycles. The van der Waals surface area contributed by atoms with Gasteiger partial charge in [-0.15, -0.1) is 10.2 Å². The minimum Gasteiger partial charge on any atom is -0.357 e. The van der Waals surface area contributed by atoms with E-state index in [4.69, 9.17) is 0 Å². The average Bonchev–Trinajstić information content (AvgIpc) is 2.91. The predicted octanol–water partition coefficient (Wildman–Crippen LogP) is 1.17. The fourth-order valence-corrected chi connectivity index (χ4v) is 2.11. The number of aliphatic imine (C=N–C) groups is 1. The first-order valence-electron chi connectivity index (χ1n) is 8.05. The van der Waals surface area contributed by atoms with Gasteiger partial charge in [-0.05, 0) is 39.8 Å². The van der Waals surface area contributed by atoms with E-state index >= 15 is 0 Å². The van der Waals surface area contributed by atoms with Crippen molar-refractivity contribution < 1.29 is 0 Å². The number of hydrogen-bond donors (Lipinski definition) is 3. The van der Waals surface area contributed by atoms with Gasteiger partial charge in [-0.1, -0.05) is 6.07 Å². The molecule has 0 aliphatic rings. The number of aromatic nitrogens is 3. The lowest BCUT2D eigenvalue weighted by atomic mass is 10.1. The highest BCUT2D eigenvalue weighted by molar-refractivity contribution is 5.79. The summed E-state index contributed by atoms with van der Waals surface area (Å²) in [5, 5.41) is 18.3. The van der Waals surface area contributed by atoms with Crippen molar-refractivity contribution in [2.45, 2.75) is 39.8 Å². The van der Waals surface area contributed by atoms with Crippen molar-refractivity contribution in [3.05, 3.63) is 30.2 Å². The molecule has 0 spiro atoms. The molecule has 2 aromatic rings. The highest BCUT2D eigenvalue weighted by atomic mass is 15.3. The van der Waals surface area contributed by atoms with Crippen molar-refractivity contribution >= 4 is 11.6 Å². The standard InChI is InChI=1S/C16H27N7/c1-5-17-15(18-9-10-20-16(2,3)4)19-12-14-22-21-13-8-6-7-11-23(13)14/h6-8,11,20H,5,9-10,12H2,1-4H3,(H2,17,18,19). The minimum atomic E-state index is 0.123. The topological polar surface area (TPSA) is 78.6 Å². The van der Waals surface area contributed by atoms with Crippen molar-refractivity contribution in [2.75, 3.05) is 19.6 Å². The summed E-state index contributed by atoms with van der Waals surface area (Å²) in [5.74, 6) is 1.61. The van der Waals surface area contributed by atoms with Gasteiger partial charge in [-0.25, -0.2) is 4.99 Å². The zero-order valence-electron chi connectivity index (χ0n) is 14.4. The molecule has 2 aromatic heterocycles. The van der Waals surface area contributed by atoms with Gasteiger partial charge < -0.3 is 16.0 Å². The monoisotopic (exact) mass is 317 g/mol. The second-order valence-corrected chi connectivity index (χ2v) is 6.34. The van der Waals surface area contributed by atoms with Crippen molar-refractivity contribution in [1.82, 2.24) is 30.5 Å². The van der Waals surface area contributed by atoms with Gasteiger partial charge in [-0.2, -0.15) is 0 Å². The van der Waals surface area contributed by atoms with Crippen LogP contribution < -0.4 is 16.0 Å². The number of rotatable bonds is 6. The van der Waals surface area contributed by atoms with Crippen LogP contribution in [0.4, 0.5) is 0 Å². The second-order valence-electron chi connectivity index (χ2n) is 6.34. The molecule has 0 bridgehead atoms. The van der Waals surface area contributed by atoms with Crippen LogP contribution in [-0.2, 0) is 6.54 Å². The predicted molar refractivity (Wildman–Crippen MR) is 93.6 cm³/mol. The Morgan fingerprint density at radius 3 is 2.74 bits per heavy atom. The molecular formula is C16H27N7. The second kappa shape index (κ2) is 7.92. The van der Waals surface area contributed by atoms with Gasteiger partial charge in [-0.3, -0.25) is 4.40 Å². The van der Waals surface area contributed by atoms with Crippen molar-refractivity contribution in [3.63, 3.8) is 0 Å². The van der Waals surface area contributed by atoms with Gasteiger partial charge in [0.1, 0.15) is 6.54 Å². The molecule has 2 heterocycles. The maximum Gasteiger partial charge on any atom is 0.191 e. The SMILES string of the molecule is CCNC(=NCc1nnc2ccccn12)NCCNC(C)(C)C. The van der Waals surface area contributed by atoms with Crippen LogP contribution in [0.2, 0.25) is 0 Å². The molecule has 0 radical (unpaired) electrons. The summed E-state index contributed by atoms with van der Waals surface area (Å²) in [6.45, 7) is 11.5. The Hall–Kier alpha value is -2.15. The van der Waals surface area contributed by atoms with Crippen LogP contribution in [0.1, 0.15) is 33.5 Å². The van der Waals surface area contributed by atoms with E-state index in [0.29, 0.717) is 6.54 Å². The Morgan fingerprint density at radius 2 is 2.00 bits per heavy atom. The largest absolute Gasteiger partial charge is 0.357 e. The Bertz CT molecular complexity index is 639. The summed E-state index contributed by atoms with van der Waals surface area (Å²) in [5.41, 5.74) is 0.961. The third kappa shape index (κ3) is 5.52. The molecular weight excluding hydrogens is 290 g/mol. The number of hydrogen-bond acceptors (Lipinski definition) is 4. The molecule has 7 heteroatoms. The van der Waals surface area contributed by atoms with Crippen LogP contribution in [0.15, 0.2) is 29.4 Å². The normalized spacial score (nSPS) is 12.6. The van der Waals surface area contributed by atoms with Gasteiger partial charge in [0.25, 0.3) is 0 Å². The molecule has 0 fully saturated rings. The van der Waals surface area contributed by atoms with Gasteiger partial charge >= 0.3 is 0 Å². The van der Waals surface area contributed by atoms with Crippen LogP contribution in [-0.4, -0.2) is 45.7 Å². The fraction of sp³-hybridized carbons (Fsp3) is 0.562. The average molecular weight is 317 g/mol. The number of fused-ring (bicyclic) bond motifs is 1. The lowest BCUT2D eigenvalue weighted by Crippen LogP contribution is -2.44. The Balaban J connectivity index is 1.93. The molecule has 0 unspecified atom stereocenters. The molecule has 0 saturated carbocycles. The fourth-order valence-electron chi connectivity index (χ4n) is 2.11. The van der Waals surface area contributed by atoms with Crippen molar-refractivity contribution in [2.24, 2.45) is 4.99 Å². The van der Waals surface area contributed by atoms with Crippen molar-refractivity contribution in [1.29, 1.82) is 0 Å². The lowest BCUT2D eigenvalue weighted by molar-refractivity contribution is 0.428. The molecule has 0 aliphatic heterocycles. The Labute approximate surface area is 137 Å².